The fourth-order valence-electron chi connectivity index (χ4n) is 3.72. The molecule has 0 unspecified atom stereocenters. The van der Waals surface area contributed by atoms with E-state index in [9.17, 15) is 4.79 Å². The highest BCUT2D eigenvalue weighted by Gasteiger charge is 2.09. The van der Waals surface area contributed by atoms with Gasteiger partial charge in [-0.15, -0.1) is 0 Å². The highest BCUT2D eigenvalue weighted by molar-refractivity contribution is 6.36. The Bertz CT molecular complexity index is 996. The molecule has 3 rings (SSSR count). The molecular formula is C26H34O5Si. The van der Waals surface area contributed by atoms with Crippen LogP contribution in [0.2, 0.25) is 6.04 Å². The maximum absolute atomic E-state index is 12.4. The van der Waals surface area contributed by atoms with E-state index < -0.39 is 0 Å². The lowest BCUT2D eigenvalue weighted by atomic mass is 10.1. The second-order valence-corrected chi connectivity index (χ2v) is 9.71. The topological polar surface area (TPSA) is 57.9 Å². The molecule has 0 saturated heterocycles. The number of benzene rings is 2. The lowest BCUT2D eigenvalue weighted by Gasteiger charge is -2.16. The van der Waals surface area contributed by atoms with Crippen molar-refractivity contribution in [2.45, 2.75) is 51.5 Å². The van der Waals surface area contributed by atoms with E-state index in [1.807, 2.05) is 62.4 Å². The quantitative estimate of drug-likeness (QED) is 0.142. The van der Waals surface area contributed by atoms with Gasteiger partial charge < -0.3 is 18.6 Å². The molecule has 1 aromatic heterocycles. The van der Waals surface area contributed by atoms with Crippen LogP contribution < -0.4 is 10.4 Å². The van der Waals surface area contributed by atoms with Gasteiger partial charge in [0, 0.05) is 24.7 Å². The predicted molar refractivity (Wildman–Crippen MR) is 132 cm³/mol. The summed E-state index contributed by atoms with van der Waals surface area (Å²) in [6, 6.07) is 18.4. The Balaban J connectivity index is 1.42. The van der Waals surface area contributed by atoms with E-state index in [1.165, 1.54) is 18.9 Å². The smallest absolute Gasteiger partial charge is 0.344 e. The van der Waals surface area contributed by atoms with E-state index in [1.54, 1.807) is 6.07 Å². The molecule has 0 radical (unpaired) electrons. The molecule has 0 amide bonds. The normalized spacial score (nSPS) is 11.7. The summed E-state index contributed by atoms with van der Waals surface area (Å²) in [7, 11) is -0.333. The number of rotatable bonds is 14. The van der Waals surface area contributed by atoms with E-state index in [-0.39, 0.29) is 21.1 Å². The van der Waals surface area contributed by atoms with Crippen molar-refractivity contribution in [2.24, 2.45) is 0 Å². The van der Waals surface area contributed by atoms with Crippen LogP contribution in [0.3, 0.4) is 0 Å². The van der Waals surface area contributed by atoms with Gasteiger partial charge in [0.05, 0.1) is 21.7 Å². The summed E-state index contributed by atoms with van der Waals surface area (Å²) in [5.74, 6) is 0.807. The molecule has 0 saturated carbocycles. The maximum Gasteiger partial charge on any atom is 0.344 e. The molecule has 0 bridgehead atoms. The van der Waals surface area contributed by atoms with Crippen molar-refractivity contribution in [3.63, 3.8) is 0 Å². The largest absolute Gasteiger partial charge is 0.493 e. The van der Waals surface area contributed by atoms with Crippen LogP contribution in [0.5, 0.6) is 5.75 Å². The standard InChI is InChI=1S/C26H34O5Si/c1-3-28-26(29-4-2)32-17-11-6-5-10-16-30-22-15-14-21-18-23(20-12-8-7-9-13-20)25(27)31-24(21)19-22/h7-9,12-15,18-19,26H,3-6,10-11,16-17,32H2,1-2H3. The van der Waals surface area contributed by atoms with Gasteiger partial charge in [0.15, 0.2) is 0 Å². The minimum Gasteiger partial charge on any atom is -0.493 e. The Kier molecular flexibility index (Phi) is 10.0. The molecule has 0 fully saturated rings. The molecular weight excluding hydrogens is 420 g/mol. The first-order chi connectivity index (χ1) is 15.7. The average Bonchev–Trinajstić information content (AvgIpc) is 2.81. The molecule has 0 aliphatic rings. The van der Waals surface area contributed by atoms with Crippen LogP contribution in [0.25, 0.3) is 22.1 Å². The first-order valence-electron chi connectivity index (χ1n) is 11.7. The second-order valence-electron chi connectivity index (χ2n) is 7.76. The molecule has 0 spiro atoms. The summed E-state index contributed by atoms with van der Waals surface area (Å²) in [5, 5.41) is 0.886. The number of hydrogen-bond acceptors (Lipinski definition) is 5. The van der Waals surface area contributed by atoms with Crippen molar-refractivity contribution < 1.29 is 18.6 Å². The third-order valence-corrected chi connectivity index (χ3v) is 7.20. The van der Waals surface area contributed by atoms with Gasteiger partial charge in [-0.05, 0) is 44.0 Å². The molecule has 172 valence electrons. The van der Waals surface area contributed by atoms with Crippen molar-refractivity contribution in [3.05, 3.63) is 65.0 Å². The van der Waals surface area contributed by atoms with Gasteiger partial charge in [-0.25, -0.2) is 4.79 Å². The Morgan fingerprint density at radius 3 is 2.41 bits per heavy atom. The van der Waals surface area contributed by atoms with E-state index in [4.69, 9.17) is 18.6 Å². The van der Waals surface area contributed by atoms with Crippen LogP contribution in [0.1, 0.15) is 39.5 Å². The monoisotopic (exact) mass is 454 g/mol. The lowest BCUT2D eigenvalue weighted by molar-refractivity contribution is -0.0827. The third kappa shape index (κ3) is 7.33. The van der Waals surface area contributed by atoms with Crippen LogP contribution in [0.4, 0.5) is 0 Å². The van der Waals surface area contributed by atoms with E-state index in [0.717, 1.165) is 42.8 Å². The van der Waals surface area contributed by atoms with Crippen LogP contribution in [0.15, 0.2) is 63.8 Å². The summed E-state index contributed by atoms with van der Waals surface area (Å²) in [5.41, 5.74) is 1.65. The van der Waals surface area contributed by atoms with E-state index in [0.29, 0.717) is 17.8 Å². The van der Waals surface area contributed by atoms with Crippen LogP contribution >= 0.6 is 0 Å². The first kappa shape index (κ1) is 24.2. The Labute approximate surface area is 192 Å². The molecule has 32 heavy (non-hydrogen) atoms. The van der Waals surface area contributed by atoms with Gasteiger partial charge in [0.2, 0.25) is 0 Å². The summed E-state index contributed by atoms with van der Waals surface area (Å²) >= 11 is 0. The Hall–Kier alpha value is -2.41. The van der Waals surface area contributed by atoms with Gasteiger partial charge in [-0.2, -0.15) is 0 Å². The van der Waals surface area contributed by atoms with Gasteiger partial charge in [-0.1, -0.05) is 55.6 Å². The van der Waals surface area contributed by atoms with Gasteiger partial charge in [-0.3, -0.25) is 0 Å². The summed E-state index contributed by atoms with van der Waals surface area (Å²) in [6.07, 6.45) is 4.59. The van der Waals surface area contributed by atoms with Crippen LogP contribution in [0, 0.1) is 0 Å². The second kappa shape index (κ2) is 13.2. The van der Waals surface area contributed by atoms with Crippen molar-refractivity contribution in [3.8, 4) is 16.9 Å². The van der Waals surface area contributed by atoms with Crippen molar-refractivity contribution >= 4 is 20.5 Å². The average molecular weight is 455 g/mol. The highest BCUT2D eigenvalue weighted by atomic mass is 28.2. The Morgan fingerprint density at radius 1 is 0.906 bits per heavy atom. The molecule has 0 aliphatic carbocycles. The summed E-state index contributed by atoms with van der Waals surface area (Å²) in [6.45, 7) is 6.15. The fourth-order valence-corrected chi connectivity index (χ4v) is 5.50. The summed E-state index contributed by atoms with van der Waals surface area (Å²) in [4.78, 5) is 12.4. The fraction of sp³-hybridized carbons (Fsp3) is 0.423. The SMILES string of the molecule is CCOC(OCC)[SiH2]CCCCCCOc1ccc2cc(-c3ccccc3)c(=O)oc2c1. The van der Waals surface area contributed by atoms with E-state index >= 15 is 0 Å². The molecule has 0 atom stereocenters. The molecule has 6 heteroatoms. The van der Waals surface area contributed by atoms with Crippen molar-refractivity contribution in [1.29, 1.82) is 0 Å². The molecule has 0 N–H and O–H groups in total. The van der Waals surface area contributed by atoms with Crippen LogP contribution in [-0.4, -0.2) is 35.3 Å². The number of unbranched alkanes of at least 4 members (excludes halogenated alkanes) is 3. The summed E-state index contributed by atoms with van der Waals surface area (Å²) < 4.78 is 22.7. The molecule has 2 aromatic carbocycles. The first-order valence-corrected chi connectivity index (χ1v) is 13.5. The van der Waals surface area contributed by atoms with Gasteiger partial charge >= 0.3 is 5.63 Å². The zero-order chi connectivity index (χ0) is 22.6. The lowest BCUT2D eigenvalue weighted by Crippen LogP contribution is -2.24. The molecule has 5 nitrogen and oxygen atoms in total. The van der Waals surface area contributed by atoms with Crippen molar-refractivity contribution in [2.75, 3.05) is 19.8 Å². The minimum atomic E-state index is -0.333. The maximum atomic E-state index is 12.4. The van der Waals surface area contributed by atoms with Crippen molar-refractivity contribution in [1.82, 2.24) is 0 Å². The highest BCUT2D eigenvalue weighted by Crippen LogP contribution is 2.24. The van der Waals surface area contributed by atoms with Gasteiger partial charge in [0.25, 0.3) is 0 Å². The van der Waals surface area contributed by atoms with E-state index in [2.05, 4.69) is 0 Å². The molecule has 1 heterocycles. The third-order valence-electron chi connectivity index (χ3n) is 5.35. The number of fused-ring (bicyclic) bond motifs is 1. The zero-order valence-electron chi connectivity index (χ0n) is 19.2. The minimum absolute atomic E-state index is 0.0741. The predicted octanol–water partition coefficient (Wildman–Crippen LogP) is 5.34. The molecule has 0 aliphatic heterocycles. The molecule has 3 aromatic rings. The van der Waals surface area contributed by atoms with Gasteiger partial charge in [0.1, 0.15) is 17.2 Å². The van der Waals surface area contributed by atoms with Crippen LogP contribution in [-0.2, 0) is 9.47 Å². The zero-order valence-corrected chi connectivity index (χ0v) is 20.6. The number of hydrogen-bond donors (Lipinski definition) is 0. The Morgan fingerprint density at radius 2 is 1.66 bits per heavy atom. The number of ether oxygens (including phenoxy) is 3.